The molecule has 0 aromatic heterocycles. The second-order valence-corrected chi connectivity index (χ2v) is 6.93. The van der Waals surface area contributed by atoms with Crippen LogP contribution in [-0.2, 0) is 9.59 Å². The maximum atomic E-state index is 13.5. The fourth-order valence-electron chi connectivity index (χ4n) is 3.15. The first-order valence-electron chi connectivity index (χ1n) is 9.71. The molecule has 1 fully saturated rings. The highest BCUT2D eigenvalue weighted by Crippen LogP contribution is 2.18. The van der Waals surface area contributed by atoms with Gasteiger partial charge in [-0.2, -0.15) is 0 Å². The number of nitrogens with one attached hydrogen (secondary N) is 2. The van der Waals surface area contributed by atoms with Crippen molar-refractivity contribution >= 4 is 17.7 Å². The molecule has 28 heavy (non-hydrogen) atoms. The minimum atomic E-state index is -0.917. The molecular formula is C20H27F2N3O3. The normalized spacial score (nSPS) is 14.6. The summed E-state index contributed by atoms with van der Waals surface area (Å²) in [5.74, 6) is -2.30. The highest BCUT2D eigenvalue weighted by molar-refractivity contribution is 5.94. The second-order valence-electron chi connectivity index (χ2n) is 6.93. The van der Waals surface area contributed by atoms with Crippen molar-refractivity contribution in [2.45, 2.75) is 39.0 Å². The lowest BCUT2D eigenvalue weighted by atomic mass is 9.95. The molecule has 0 bridgehead atoms. The Bertz CT molecular complexity index is 704. The SMILES string of the molecule is CCCNC(=O)C1CCN(C(=O)CCCNC(=O)c2ccc(F)cc2F)CC1. The van der Waals surface area contributed by atoms with E-state index in [1.54, 1.807) is 4.90 Å². The molecule has 2 rings (SSSR count). The van der Waals surface area contributed by atoms with Crippen LogP contribution in [0.25, 0.3) is 0 Å². The van der Waals surface area contributed by atoms with Crippen molar-refractivity contribution in [1.82, 2.24) is 15.5 Å². The fourth-order valence-corrected chi connectivity index (χ4v) is 3.15. The smallest absolute Gasteiger partial charge is 0.254 e. The first-order chi connectivity index (χ1) is 13.4. The molecule has 1 aliphatic heterocycles. The molecule has 8 heteroatoms. The Morgan fingerprint density at radius 2 is 1.82 bits per heavy atom. The summed E-state index contributed by atoms with van der Waals surface area (Å²) in [6, 6.07) is 2.77. The number of hydrogen-bond acceptors (Lipinski definition) is 3. The van der Waals surface area contributed by atoms with Gasteiger partial charge in [-0.3, -0.25) is 14.4 Å². The van der Waals surface area contributed by atoms with Gasteiger partial charge in [-0.25, -0.2) is 8.78 Å². The quantitative estimate of drug-likeness (QED) is 0.663. The third kappa shape index (κ3) is 6.28. The van der Waals surface area contributed by atoms with Crippen LogP contribution in [0.2, 0.25) is 0 Å². The van der Waals surface area contributed by atoms with E-state index < -0.39 is 17.5 Å². The molecule has 1 aromatic rings. The summed E-state index contributed by atoms with van der Waals surface area (Å²) < 4.78 is 26.4. The maximum Gasteiger partial charge on any atom is 0.254 e. The van der Waals surface area contributed by atoms with Crippen molar-refractivity contribution in [2.24, 2.45) is 5.92 Å². The number of nitrogens with zero attached hydrogens (tertiary/aromatic N) is 1. The summed E-state index contributed by atoms with van der Waals surface area (Å²) >= 11 is 0. The monoisotopic (exact) mass is 395 g/mol. The van der Waals surface area contributed by atoms with Gasteiger partial charge in [0.15, 0.2) is 0 Å². The van der Waals surface area contributed by atoms with Crippen LogP contribution in [0.4, 0.5) is 8.78 Å². The molecule has 0 atom stereocenters. The van der Waals surface area contributed by atoms with Gasteiger partial charge in [0.1, 0.15) is 11.6 Å². The standard InChI is InChI=1S/C20H27F2N3O3/c1-2-9-23-19(27)14-7-11-25(12-8-14)18(26)4-3-10-24-20(28)16-6-5-15(21)13-17(16)22/h5-6,13-14H,2-4,7-12H2,1H3,(H,23,27)(H,24,28). The average molecular weight is 395 g/mol. The Morgan fingerprint density at radius 1 is 1.11 bits per heavy atom. The Hall–Kier alpha value is -2.51. The lowest BCUT2D eigenvalue weighted by Gasteiger charge is -2.31. The average Bonchev–Trinajstić information content (AvgIpc) is 2.69. The lowest BCUT2D eigenvalue weighted by Crippen LogP contribution is -2.43. The van der Waals surface area contributed by atoms with Crippen LogP contribution in [0.3, 0.4) is 0 Å². The third-order valence-corrected chi connectivity index (χ3v) is 4.80. The number of halogens is 2. The van der Waals surface area contributed by atoms with Gasteiger partial charge in [0.25, 0.3) is 5.91 Å². The van der Waals surface area contributed by atoms with E-state index in [9.17, 15) is 23.2 Å². The van der Waals surface area contributed by atoms with Crippen molar-refractivity contribution in [3.63, 3.8) is 0 Å². The van der Waals surface area contributed by atoms with Crippen LogP contribution in [0.1, 0.15) is 49.4 Å². The van der Waals surface area contributed by atoms with E-state index in [2.05, 4.69) is 10.6 Å². The molecular weight excluding hydrogens is 368 g/mol. The van der Waals surface area contributed by atoms with Gasteiger partial charge >= 0.3 is 0 Å². The van der Waals surface area contributed by atoms with Crippen molar-refractivity contribution in [3.8, 4) is 0 Å². The Kier molecular flexibility index (Phi) is 8.35. The maximum absolute atomic E-state index is 13.5. The Balaban J connectivity index is 1.66. The predicted molar refractivity (Wildman–Crippen MR) is 101 cm³/mol. The number of likely N-dealkylation sites (tertiary alicyclic amines) is 1. The van der Waals surface area contributed by atoms with Crippen LogP contribution in [0, 0.1) is 17.6 Å². The molecule has 3 amide bonds. The number of benzene rings is 1. The summed E-state index contributed by atoms with van der Waals surface area (Å²) in [5, 5.41) is 5.42. The highest BCUT2D eigenvalue weighted by atomic mass is 19.1. The summed E-state index contributed by atoms with van der Waals surface area (Å²) in [6.45, 7) is 4.00. The van der Waals surface area contributed by atoms with Crippen LogP contribution < -0.4 is 10.6 Å². The number of amides is 3. The Morgan fingerprint density at radius 3 is 2.46 bits per heavy atom. The summed E-state index contributed by atoms with van der Waals surface area (Å²) in [7, 11) is 0. The van der Waals surface area contributed by atoms with E-state index in [-0.39, 0.29) is 36.3 Å². The van der Waals surface area contributed by atoms with Crippen LogP contribution in [0.15, 0.2) is 18.2 Å². The number of carbonyl (C=O) groups is 3. The van der Waals surface area contributed by atoms with Gasteiger partial charge < -0.3 is 15.5 Å². The molecule has 0 saturated carbocycles. The number of rotatable bonds is 8. The zero-order chi connectivity index (χ0) is 20.5. The minimum absolute atomic E-state index is 0.0189. The van der Waals surface area contributed by atoms with Gasteiger partial charge in [0.2, 0.25) is 11.8 Å². The van der Waals surface area contributed by atoms with E-state index in [0.29, 0.717) is 45.0 Å². The van der Waals surface area contributed by atoms with Crippen LogP contribution >= 0.6 is 0 Å². The molecule has 0 unspecified atom stereocenters. The third-order valence-electron chi connectivity index (χ3n) is 4.80. The molecule has 1 heterocycles. The lowest BCUT2D eigenvalue weighted by molar-refractivity contribution is -0.135. The van der Waals surface area contributed by atoms with Crippen molar-refractivity contribution in [3.05, 3.63) is 35.4 Å². The number of carbonyl (C=O) groups excluding carboxylic acids is 3. The predicted octanol–water partition coefficient (Wildman–Crippen LogP) is 2.24. The van der Waals surface area contributed by atoms with E-state index in [4.69, 9.17) is 0 Å². The molecule has 154 valence electrons. The fraction of sp³-hybridized carbons (Fsp3) is 0.550. The summed E-state index contributed by atoms with van der Waals surface area (Å²) in [5.41, 5.74) is -0.226. The zero-order valence-electron chi connectivity index (χ0n) is 16.1. The van der Waals surface area contributed by atoms with Crippen molar-refractivity contribution in [1.29, 1.82) is 0 Å². The molecule has 6 nitrogen and oxygen atoms in total. The first kappa shape index (κ1) is 21.8. The van der Waals surface area contributed by atoms with Crippen molar-refractivity contribution in [2.75, 3.05) is 26.2 Å². The van der Waals surface area contributed by atoms with Gasteiger partial charge in [-0.1, -0.05) is 6.92 Å². The van der Waals surface area contributed by atoms with Gasteiger partial charge in [-0.15, -0.1) is 0 Å². The van der Waals surface area contributed by atoms with Gasteiger partial charge in [0, 0.05) is 44.6 Å². The van der Waals surface area contributed by atoms with Crippen LogP contribution in [-0.4, -0.2) is 48.8 Å². The molecule has 2 N–H and O–H groups in total. The largest absolute Gasteiger partial charge is 0.356 e. The molecule has 0 radical (unpaired) electrons. The van der Waals surface area contributed by atoms with E-state index in [0.717, 1.165) is 18.6 Å². The van der Waals surface area contributed by atoms with Gasteiger partial charge in [-0.05, 0) is 37.8 Å². The highest BCUT2D eigenvalue weighted by Gasteiger charge is 2.26. The van der Waals surface area contributed by atoms with E-state index >= 15 is 0 Å². The second kappa shape index (κ2) is 10.7. The molecule has 1 saturated heterocycles. The van der Waals surface area contributed by atoms with Crippen molar-refractivity contribution < 1.29 is 23.2 Å². The minimum Gasteiger partial charge on any atom is -0.356 e. The zero-order valence-corrected chi connectivity index (χ0v) is 16.1. The molecule has 1 aromatic carbocycles. The number of piperidine rings is 1. The molecule has 1 aliphatic rings. The van der Waals surface area contributed by atoms with Crippen LogP contribution in [0.5, 0.6) is 0 Å². The summed E-state index contributed by atoms with van der Waals surface area (Å²) in [6.07, 6.45) is 2.89. The van der Waals surface area contributed by atoms with E-state index in [1.807, 2.05) is 6.92 Å². The topological polar surface area (TPSA) is 78.5 Å². The van der Waals surface area contributed by atoms with Gasteiger partial charge in [0.05, 0.1) is 5.56 Å². The number of hydrogen-bond donors (Lipinski definition) is 2. The van der Waals surface area contributed by atoms with E-state index in [1.165, 1.54) is 0 Å². The molecule has 0 aliphatic carbocycles. The molecule has 0 spiro atoms. The Labute approximate surface area is 163 Å². The first-order valence-corrected chi connectivity index (χ1v) is 9.71. The summed E-state index contributed by atoms with van der Waals surface area (Å²) in [4.78, 5) is 37.9.